The molecule has 0 atom stereocenters. The van der Waals surface area contributed by atoms with E-state index in [4.69, 9.17) is 14.2 Å². The molecule has 0 bridgehead atoms. The van der Waals surface area contributed by atoms with Gasteiger partial charge in [0.1, 0.15) is 5.75 Å². The molecule has 0 aliphatic carbocycles. The Morgan fingerprint density at radius 1 is 0.818 bits per heavy atom. The van der Waals surface area contributed by atoms with Gasteiger partial charge in [0.25, 0.3) is 15.9 Å². The molecule has 0 fully saturated rings. The molecule has 7 nitrogen and oxygen atoms in total. The monoisotopic (exact) mass is 467 g/mol. The number of methoxy groups -OCH3 is 3. The third kappa shape index (κ3) is 5.35. The molecule has 0 saturated heterocycles. The third-order valence-corrected chi connectivity index (χ3v) is 6.63. The molecule has 0 N–H and O–H groups in total. The smallest absolute Gasteiger partial charge is 0.271 e. The number of carbonyl (C=O) groups excluding carboxylic acids is 1. The minimum Gasteiger partial charge on any atom is -0.497 e. The zero-order chi connectivity index (χ0) is 24.0. The van der Waals surface area contributed by atoms with E-state index in [1.807, 2.05) is 6.92 Å². The molecule has 172 valence electrons. The van der Waals surface area contributed by atoms with Gasteiger partial charge in [-0.15, -0.1) is 0 Å². The topological polar surface area (TPSA) is 82.1 Å². The minimum atomic E-state index is -4.17. The average molecular weight is 468 g/mol. The fraction of sp³-hybridized carbons (Fsp3) is 0.160. The lowest BCUT2D eigenvalue weighted by molar-refractivity contribution is -0.113. The molecule has 3 aromatic rings. The van der Waals surface area contributed by atoms with Crippen molar-refractivity contribution in [2.24, 2.45) is 0 Å². The van der Waals surface area contributed by atoms with Crippen LogP contribution in [0.5, 0.6) is 17.2 Å². The second-order valence-corrected chi connectivity index (χ2v) is 8.85. The Hall–Kier alpha value is -3.78. The van der Waals surface area contributed by atoms with E-state index in [0.29, 0.717) is 22.8 Å². The summed E-state index contributed by atoms with van der Waals surface area (Å²) in [4.78, 5) is 13.2. The quantitative estimate of drug-likeness (QED) is 0.455. The molecule has 3 aromatic carbocycles. The fourth-order valence-electron chi connectivity index (χ4n) is 3.11. The van der Waals surface area contributed by atoms with Gasteiger partial charge < -0.3 is 14.2 Å². The van der Waals surface area contributed by atoms with Gasteiger partial charge in [0.05, 0.1) is 31.9 Å². The van der Waals surface area contributed by atoms with Gasteiger partial charge in [0.2, 0.25) is 0 Å². The maximum atomic E-state index is 13.4. The van der Waals surface area contributed by atoms with Crippen molar-refractivity contribution in [3.05, 3.63) is 83.9 Å². The normalized spacial score (nSPS) is 11.3. The number of nitrogens with zero attached hydrogens (tertiary/aromatic N) is 1. The number of anilines is 1. The summed E-state index contributed by atoms with van der Waals surface area (Å²) in [5.41, 5.74) is 1.74. The van der Waals surface area contributed by atoms with Crippen LogP contribution in [0.2, 0.25) is 0 Å². The summed E-state index contributed by atoms with van der Waals surface area (Å²) in [6.45, 7) is 1.86. The first-order valence-electron chi connectivity index (χ1n) is 10.00. The number of carbonyl (C=O) groups is 1. The lowest BCUT2D eigenvalue weighted by Gasteiger charge is -2.21. The van der Waals surface area contributed by atoms with Gasteiger partial charge in [0, 0.05) is 6.08 Å². The first-order chi connectivity index (χ1) is 15.8. The van der Waals surface area contributed by atoms with Crippen molar-refractivity contribution in [3.8, 4) is 17.2 Å². The number of hydrogen-bond acceptors (Lipinski definition) is 6. The third-order valence-electron chi connectivity index (χ3n) is 4.89. The highest BCUT2D eigenvalue weighted by Gasteiger charge is 2.29. The summed E-state index contributed by atoms with van der Waals surface area (Å²) in [5, 5.41) is 0. The van der Waals surface area contributed by atoms with Gasteiger partial charge in [-0.25, -0.2) is 8.42 Å². The second kappa shape index (κ2) is 10.2. The van der Waals surface area contributed by atoms with Crippen molar-refractivity contribution in [1.82, 2.24) is 0 Å². The molecule has 0 spiro atoms. The van der Waals surface area contributed by atoms with Gasteiger partial charge >= 0.3 is 0 Å². The van der Waals surface area contributed by atoms with Gasteiger partial charge in [-0.2, -0.15) is 4.31 Å². The van der Waals surface area contributed by atoms with Crippen LogP contribution in [0, 0.1) is 6.92 Å². The zero-order valence-electron chi connectivity index (χ0n) is 18.8. The summed E-state index contributed by atoms with van der Waals surface area (Å²) in [7, 11) is 0.374. The largest absolute Gasteiger partial charge is 0.497 e. The summed E-state index contributed by atoms with van der Waals surface area (Å²) < 4.78 is 43.3. The number of hydrogen-bond donors (Lipinski definition) is 0. The predicted octanol–water partition coefficient (Wildman–Crippen LogP) is 4.46. The lowest BCUT2D eigenvalue weighted by Crippen LogP contribution is -2.35. The molecule has 33 heavy (non-hydrogen) atoms. The summed E-state index contributed by atoms with van der Waals surface area (Å²) in [6, 6.07) is 17.7. The van der Waals surface area contributed by atoms with E-state index in [2.05, 4.69) is 0 Å². The molecule has 0 unspecified atom stereocenters. The second-order valence-electron chi connectivity index (χ2n) is 7.07. The molecule has 0 aliphatic heterocycles. The van der Waals surface area contributed by atoms with E-state index < -0.39 is 15.9 Å². The molecule has 0 radical (unpaired) electrons. The molecule has 0 aliphatic rings. The first-order valence-corrected chi connectivity index (χ1v) is 11.4. The van der Waals surface area contributed by atoms with Crippen LogP contribution in [-0.2, 0) is 14.8 Å². The Balaban J connectivity index is 2.02. The molecule has 8 heteroatoms. The SMILES string of the molecule is COc1ccc(N(C(=O)/C=C/c2ccc(OC)c(OC)c2)S(=O)(=O)c2ccc(C)cc2)cc1. The van der Waals surface area contributed by atoms with Crippen LogP contribution in [0.3, 0.4) is 0 Å². The summed E-state index contributed by atoms with van der Waals surface area (Å²) in [6.07, 6.45) is 2.72. The number of sulfonamides is 1. The van der Waals surface area contributed by atoms with E-state index in [1.165, 1.54) is 57.7 Å². The Labute approximate surface area is 193 Å². The fourth-order valence-corrected chi connectivity index (χ4v) is 4.50. The standard InChI is InChI=1S/C25H25NO6S/c1-18-5-13-22(14-6-18)33(28,29)26(20-9-11-21(30-2)12-10-20)25(27)16-8-19-7-15-23(31-3)24(17-19)32-4/h5-17H,1-4H3/b16-8+. The molecular weight excluding hydrogens is 442 g/mol. The highest BCUT2D eigenvalue weighted by atomic mass is 32.2. The van der Waals surface area contributed by atoms with Crippen LogP contribution >= 0.6 is 0 Å². The molecule has 0 aromatic heterocycles. The Bertz CT molecular complexity index is 1250. The van der Waals surface area contributed by atoms with E-state index in [9.17, 15) is 13.2 Å². The van der Waals surface area contributed by atoms with Crippen molar-refractivity contribution in [3.63, 3.8) is 0 Å². The van der Waals surface area contributed by atoms with Crippen LogP contribution in [0.4, 0.5) is 5.69 Å². The number of aryl methyl sites for hydroxylation is 1. The molecule has 3 rings (SSSR count). The molecular formula is C25H25NO6S. The lowest BCUT2D eigenvalue weighted by atomic mass is 10.2. The van der Waals surface area contributed by atoms with Crippen LogP contribution < -0.4 is 18.5 Å². The van der Waals surface area contributed by atoms with Crippen LogP contribution in [0.15, 0.2) is 77.7 Å². The number of amides is 1. The first kappa shape index (κ1) is 23.9. The van der Waals surface area contributed by atoms with Gasteiger partial charge in [-0.3, -0.25) is 4.79 Å². The maximum absolute atomic E-state index is 13.4. The van der Waals surface area contributed by atoms with Crippen LogP contribution in [0.1, 0.15) is 11.1 Å². The highest BCUT2D eigenvalue weighted by Crippen LogP contribution is 2.29. The van der Waals surface area contributed by atoms with Crippen molar-refractivity contribution >= 4 is 27.7 Å². The van der Waals surface area contributed by atoms with Crippen molar-refractivity contribution in [2.45, 2.75) is 11.8 Å². The van der Waals surface area contributed by atoms with Crippen LogP contribution in [-0.4, -0.2) is 35.7 Å². The van der Waals surface area contributed by atoms with E-state index >= 15 is 0 Å². The Kier molecular flexibility index (Phi) is 7.40. The number of rotatable bonds is 8. The number of ether oxygens (including phenoxy) is 3. The predicted molar refractivity (Wildman–Crippen MR) is 127 cm³/mol. The average Bonchev–Trinajstić information content (AvgIpc) is 2.83. The van der Waals surface area contributed by atoms with Crippen molar-refractivity contribution in [2.75, 3.05) is 25.6 Å². The number of benzene rings is 3. The van der Waals surface area contributed by atoms with Crippen LogP contribution in [0.25, 0.3) is 6.08 Å². The van der Waals surface area contributed by atoms with Gasteiger partial charge in [-0.1, -0.05) is 23.8 Å². The van der Waals surface area contributed by atoms with Gasteiger partial charge in [-0.05, 0) is 67.1 Å². The Morgan fingerprint density at radius 3 is 2.03 bits per heavy atom. The minimum absolute atomic E-state index is 0.0109. The van der Waals surface area contributed by atoms with Crippen molar-refractivity contribution in [1.29, 1.82) is 0 Å². The van der Waals surface area contributed by atoms with Crippen molar-refractivity contribution < 1.29 is 27.4 Å². The molecule has 0 saturated carbocycles. The summed E-state index contributed by atoms with van der Waals surface area (Å²) in [5.74, 6) is 0.851. The molecule has 1 amide bonds. The highest BCUT2D eigenvalue weighted by molar-refractivity contribution is 7.93. The van der Waals surface area contributed by atoms with E-state index in [0.717, 1.165) is 9.87 Å². The zero-order valence-corrected chi connectivity index (χ0v) is 19.6. The Morgan fingerprint density at radius 2 is 1.45 bits per heavy atom. The maximum Gasteiger partial charge on any atom is 0.271 e. The van der Waals surface area contributed by atoms with Gasteiger partial charge in [0.15, 0.2) is 11.5 Å². The molecule has 0 heterocycles. The summed E-state index contributed by atoms with van der Waals surface area (Å²) >= 11 is 0. The van der Waals surface area contributed by atoms with E-state index in [1.54, 1.807) is 42.5 Å². The van der Waals surface area contributed by atoms with E-state index in [-0.39, 0.29) is 10.6 Å².